The second-order valence-corrected chi connectivity index (χ2v) is 7.04. The van der Waals surface area contributed by atoms with E-state index < -0.39 is 20.9 Å². The van der Waals surface area contributed by atoms with Crippen molar-refractivity contribution < 1.29 is 18.1 Å². The van der Waals surface area contributed by atoms with Gasteiger partial charge in [-0.15, -0.1) is 0 Å². The van der Waals surface area contributed by atoms with E-state index in [9.17, 15) is 23.3 Å². The van der Waals surface area contributed by atoms with Crippen LogP contribution >= 0.6 is 0 Å². The number of nitrogens with two attached hydrogens (primary N) is 1. The van der Waals surface area contributed by atoms with Crippen LogP contribution in [0.1, 0.15) is 15.9 Å². The number of anilines is 2. The van der Waals surface area contributed by atoms with Crippen LogP contribution in [0.4, 0.5) is 17.1 Å². The molecular formula is C15H16N4O5S. The molecule has 0 fully saturated rings. The number of carbonyl (C=O) groups excluding carboxylic acids is 1. The molecule has 1 amide bonds. The minimum absolute atomic E-state index is 0.0268. The molecule has 4 N–H and O–H groups in total. The monoisotopic (exact) mass is 364 g/mol. The summed E-state index contributed by atoms with van der Waals surface area (Å²) in [4.78, 5) is 22.3. The fourth-order valence-electron chi connectivity index (χ4n) is 2.09. The Morgan fingerprint density at radius 1 is 1.24 bits per heavy atom. The van der Waals surface area contributed by atoms with Crippen LogP contribution in [0.15, 0.2) is 42.5 Å². The standard InChI is InChI=1S/C15H16N4O5S/c1-25(23,24)18-12-4-2-3-10(7-12)9-17-15(20)11-5-6-13(16)14(8-11)19(21)22/h2-8,18H,9,16H2,1H3,(H,17,20). The van der Waals surface area contributed by atoms with E-state index in [1.807, 2.05) is 0 Å². The minimum Gasteiger partial charge on any atom is -0.393 e. The van der Waals surface area contributed by atoms with Crippen LogP contribution in [0.2, 0.25) is 0 Å². The molecule has 9 nitrogen and oxygen atoms in total. The average Bonchev–Trinajstić information content (AvgIpc) is 2.51. The average molecular weight is 364 g/mol. The fourth-order valence-corrected chi connectivity index (χ4v) is 2.64. The third-order valence-electron chi connectivity index (χ3n) is 3.17. The topological polar surface area (TPSA) is 144 Å². The van der Waals surface area contributed by atoms with Gasteiger partial charge in [0.25, 0.3) is 11.6 Å². The molecule has 0 atom stereocenters. The predicted molar refractivity (Wildman–Crippen MR) is 93.6 cm³/mol. The Kier molecular flexibility index (Phi) is 5.22. The number of nitrogen functional groups attached to an aromatic ring is 1. The molecule has 25 heavy (non-hydrogen) atoms. The van der Waals surface area contributed by atoms with Crippen LogP contribution in [0, 0.1) is 10.1 Å². The number of nitrogens with one attached hydrogen (secondary N) is 2. The van der Waals surface area contributed by atoms with Crippen molar-refractivity contribution in [2.45, 2.75) is 6.54 Å². The second kappa shape index (κ2) is 7.18. The van der Waals surface area contributed by atoms with Crippen molar-refractivity contribution in [2.24, 2.45) is 0 Å². The van der Waals surface area contributed by atoms with Crippen molar-refractivity contribution in [2.75, 3.05) is 16.7 Å². The summed E-state index contributed by atoms with van der Waals surface area (Å²) in [5.74, 6) is -0.510. The summed E-state index contributed by atoms with van der Waals surface area (Å²) in [6.07, 6.45) is 1.04. The smallest absolute Gasteiger partial charge is 0.292 e. The Morgan fingerprint density at radius 2 is 1.96 bits per heavy atom. The van der Waals surface area contributed by atoms with Gasteiger partial charge in [0.05, 0.1) is 11.2 Å². The van der Waals surface area contributed by atoms with Crippen molar-refractivity contribution in [3.63, 3.8) is 0 Å². The zero-order valence-electron chi connectivity index (χ0n) is 13.2. The van der Waals surface area contributed by atoms with Gasteiger partial charge in [-0.25, -0.2) is 8.42 Å². The molecule has 10 heteroatoms. The Balaban J connectivity index is 2.09. The molecule has 2 rings (SSSR count). The predicted octanol–water partition coefficient (Wildman–Crippen LogP) is 1.48. The summed E-state index contributed by atoms with van der Waals surface area (Å²) in [6, 6.07) is 10.3. The van der Waals surface area contributed by atoms with Crippen molar-refractivity contribution in [3.05, 3.63) is 63.7 Å². The van der Waals surface area contributed by atoms with Gasteiger partial charge in [-0.2, -0.15) is 0 Å². The fraction of sp³-hybridized carbons (Fsp3) is 0.133. The summed E-state index contributed by atoms with van der Waals surface area (Å²) in [5.41, 5.74) is 6.26. The van der Waals surface area contributed by atoms with Crippen LogP contribution in [0.3, 0.4) is 0 Å². The maximum absolute atomic E-state index is 12.1. The number of sulfonamides is 1. The van der Waals surface area contributed by atoms with E-state index in [0.717, 1.165) is 12.3 Å². The quantitative estimate of drug-likeness (QED) is 0.402. The van der Waals surface area contributed by atoms with Gasteiger partial charge >= 0.3 is 0 Å². The zero-order chi connectivity index (χ0) is 18.6. The molecule has 0 aliphatic heterocycles. The Hall–Kier alpha value is -3.14. The highest BCUT2D eigenvalue weighted by atomic mass is 32.2. The number of hydrogen-bond donors (Lipinski definition) is 3. The van der Waals surface area contributed by atoms with Crippen LogP contribution in [-0.2, 0) is 16.6 Å². The first kappa shape index (κ1) is 18.2. The van der Waals surface area contributed by atoms with Gasteiger partial charge in [-0.05, 0) is 29.8 Å². The third kappa shape index (κ3) is 5.18. The van der Waals surface area contributed by atoms with Gasteiger partial charge in [-0.1, -0.05) is 12.1 Å². The largest absolute Gasteiger partial charge is 0.393 e. The minimum atomic E-state index is -3.40. The number of nitro benzene ring substituents is 1. The number of hydrogen-bond acceptors (Lipinski definition) is 6. The highest BCUT2D eigenvalue weighted by Gasteiger charge is 2.15. The first-order valence-electron chi connectivity index (χ1n) is 7.04. The first-order chi connectivity index (χ1) is 11.7. The van der Waals surface area contributed by atoms with Gasteiger partial charge in [0.1, 0.15) is 5.69 Å². The van der Waals surface area contributed by atoms with Gasteiger partial charge < -0.3 is 11.1 Å². The Morgan fingerprint density at radius 3 is 2.60 bits per heavy atom. The number of nitrogens with zero attached hydrogens (tertiary/aromatic N) is 1. The molecule has 0 saturated heterocycles. The molecule has 0 aliphatic carbocycles. The van der Waals surface area contributed by atoms with Crippen LogP contribution in [-0.4, -0.2) is 25.5 Å². The summed E-state index contributed by atoms with van der Waals surface area (Å²) in [6.45, 7) is 0.121. The number of carbonyl (C=O) groups is 1. The molecule has 0 unspecified atom stereocenters. The molecule has 132 valence electrons. The molecule has 2 aromatic carbocycles. The van der Waals surface area contributed by atoms with Gasteiger partial charge in [0.15, 0.2) is 0 Å². The lowest BCUT2D eigenvalue weighted by Crippen LogP contribution is -2.23. The van der Waals surface area contributed by atoms with Crippen molar-refractivity contribution in [1.82, 2.24) is 5.32 Å². The summed E-state index contributed by atoms with van der Waals surface area (Å²) >= 11 is 0. The Labute approximate surface area is 144 Å². The summed E-state index contributed by atoms with van der Waals surface area (Å²) in [5, 5.41) is 13.5. The molecule has 0 aliphatic rings. The zero-order valence-corrected chi connectivity index (χ0v) is 14.0. The number of amides is 1. The van der Waals surface area contributed by atoms with E-state index in [2.05, 4.69) is 10.0 Å². The lowest BCUT2D eigenvalue weighted by atomic mass is 10.1. The van der Waals surface area contributed by atoms with Crippen LogP contribution in [0.5, 0.6) is 0 Å². The molecule has 0 saturated carbocycles. The SMILES string of the molecule is CS(=O)(=O)Nc1cccc(CNC(=O)c2ccc(N)c([N+](=O)[O-])c2)c1. The number of benzene rings is 2. The van der Waals surface area contributed by atoms with Gasteiger partial charge in [-0.3, -0.25) is 19.6 Å². The molecule has 0 heterocycles. The second-order valence-electron chi connectivity index (χ2n) is 5.29. The maximum Gasteiger partial charge on any atom is 0.292 e. The van der Waals surface area contributed by atoms with Gasteiger partial charge in [0.2, 0.25) is 10.0 Å². The van der Waals surface area contributed by atoms with E-state index in [0.29, 0.717) is 11.3 Å². The van der Waals surface area contributed by atoms with Crippen LogP contribution < -0.4 is 15.8 Å². The normalized spacial score (nSPS) is 10.9. The molecule has 0 spiro atoms. The van der Waals surface area contributed by atoms with E-state index in [1.165, 1.54) is 12.1 Å². The summed E-state index contributed by atoms with van der Waals surface area (Å²) in [7, 11) is -3.40. The molecule has 0 radical (unpaired) electrons. The van der Waals surface area contributed by atoms with Crippen molar-refractivity contribution in [3.8, 4) is 0 Å². The first-order valence-corrected chi connectivity index (χ1v) is 8.94. The number of rotatable bonds is 6. The molecule has 0 aromatic heterocycles. The third-order valence-corrected chi connectivity index (χ3v) is 3.78. The lowest BCUT2D eigenvalue weighted by molar-refractivity contribution is -0.383. The number of nitro groups is 1. The van der Waals surface area contributed by atoms with Gasteiger partial charge in [0, 0.05) is 23.9 Å². The van der Waals surface area contributed by atoms with Crippen molar-refractivity contribution >= 4 is 33.0 Å². The van der Waals surface area contributed by atoms with E-state index >= 15 is 0 Å². The molecule has 0 bridgehead atoms. The van der Waals surface area contributed by atoms with Crippen molar-refractivity contribution in [1.29, 1.82) is 0 Å². The Bertz CT molecular complexity index is 927. The highest BCUT2D eigenvalue weighted by Crippen LogP contribution is 2.22. The lowest BCUT2D eigenvalue weighted by Gasteiger charge is -2.08. The van der Waals surface area contributed by atoms with Crippen LogP contribution in [0.25, 0.3) is 0 Å². The van der Waals surface area contributed by atoms with E-state index in [-0.39, 0.29) is 23.5 Å². The van der Waals surface area contributed by atoms with E-state index in [4.69, 9.17) is 5.73 Å². The molecular weight excluding hydrogens is 348 g/mol. The maximum atomic E-state index is 12.1. The molecule has 2 aromatic rings. The van der Waals surface area contributed by atoms with E-state index in [1.54, 1.807) is 24.3 Å². The highest BCUT2D eigenvalue weighted by molar-refractivity contribution is 7.92. The summed E-state index contributed by atoms with van der Waals surface area (Å²) < 4.78 is 24.8.